The summed E-state index contributed by atoms with van der Waals surface area (Å²) in [5.41, 5.74) is 4.40. The van der Waals surface area contributed by atoms with Crippen LogP contribution < -0.4 is 5.32 Å². The molecular weight excluding hydrogens is 290 g/mol. The minimum atomic E-state index is -0.186. The highest BCUT2D eigenvalue weighted by Gasteiger charge is 2.23. The van der Waals surface area contributed by atoms with Gasteiger partial charge in [0.05, 0.1) is 6.04 Å². The van der Waals surface area contributed by atoms with Crippen molar-refractivity contribution in [3.63, 3.8) is 0 Å². The van der Waals surface area contributed by atoms with E-state index < -0.39 is 0 Å². The summed E-state index contributed by atoms with van der Waals surface area (Å²) in [4.78, 5) is 23.8. The molecule has 0 saturated heterocycles. The normalized spacial score (nSPS) is 19.0. The molecule has 2 amide bonds. The molecule has 0 saturated carbocycles. The van der Waals surface area contributed by atoms with E-state index in [1.54, 1.807) is 7.05 Å². The first-order valence-corrected chi connectivity index (χ1v) is 8.31. The molecule has 122 valence electrons. The Morgan fingerprint density at radius 3 is 2.65 bits per heavy atom. The SMILES string of the molecule is C[C@H](NC(=O)C1=NN(C)C(=O)CC1)c1ccc2c(c1)CCCC2. The second-order valence-electron chi connectivity index (χ2n) is 6.39. The summed E-state index contributed by atoms with van der Waals surface area (Å²) >= 11 is 0. The largest absolute Gasteiger partial charge is 0.344 e. The third kappa shape index (κ3) is 3.44. The van der Waals surface area contributed by atoms with Crippen molar-refractivity contribution in [2.24, 2.45) is 5.10 Å². The van der Waals surface area contributed by atoms with Gasteiger partial charge in [0.25, 0.3) is 5.91 Å². The van der Waals surface area contributed by atoms with Crippen LogP contribution in [0.5, 0.6) is 0 Å². The molecule has 1 aliphatic heterocycles. The van der Waals surface area contributed by atoms with Gasteiger partial charge in [-0.25, -0.2) is 5.01 Å². The lowest BCUT2D eigenvalue weighted by atomic mass is 9.89. The van der Waals surface area contributed by atoms with E-state index in [0.717, 1.165) is 18.4 Å². The highest BCUT2D eigenvalue weighted by molar-refractivity contribution is 6.39. The van der Waals surface area contributed by atoms with Gasteiger partial charge in [-0.15, -0.1) is 0 Å². The van der Waals surface area contributed by atoms with Crippen molar-refractivity contribution in [2.45, 2.75) is 51.5 Å². The van der Waals surface area contributed by atoms with Gasteiger partial charge in [-0.2, -0.15) is 5.10 Å². The number of hydrogen-bond acceptors (Lipinski definition) is 3. The van der Waals surface area contributed by atoms with Crippen LogP contribution in [0.25, 0.3) is 0 Å². The van der Waals surface area contributed by atoms with E-state index >= 15 is 0 Å². The number of carbonyl (C=O) groups is 2. The maximum atomic E-state index is 12.3. The lowest BCUT2D eigenvalue weighted by Gasteiger charge is -2.22. The van der Waals surface area contributed by atoms with E-state index in [1.807, 2.05) is 6.92 Å². The van der Waals surface area contributed by atoms with Crippen LogP contribution in [-0.4, -0.2) is 29.6 Å². The Kier molecular flexibility index (Phi) is 4.46. The molecule has 1 aromatic carbocycles. The summed E-state index contributed by atoms with van der Waals surface area (Å²) in [7, 11) is 1.59. The number of carbonyl (C=O) groups excluding carboxylic acids is 2. The fraction of sp³-hybridized carbons (Fsp3) is 0.500. The first kappa shape index (κ1) is 15.7. The molecule has 3 rings (SSSR count). The Balaban J connectivity index is 1.69. The number of fused-ring (bicyclic) bond motifs is 1. The second kappa shape index (κ2) is 6.52. The van der Waals surface area contributed by atoms with Crippen LogP contribution in [0.2, 0.25) is 0 Å². The quantitative estimate of drug-likeness (QED) is 0.931. The van der Waals surface area contributed by atoms with E-state index in [2.05, 4.69) is 28.6 Å². The van der Waals surface area contributed by atoms with Crippen LogP contribution in [0.1, 0.15) is 55.3 Å². The molecule has 5 heteroatoms. The first-order valence-electron chi connectivity index (χ1n) is 8.31. The predicted molar refractivity (Wildman–Crippen MR) is 89.1 cm³/mol. The molecule has 0 unspecified atom stereocenters. The van der Waals surface area contributed by atoms with Gasteiger partial charge in [0.1, 0.15) is 5.71 Å². The molecular formula is C18H23N3O2. The molecule has 2 aliphatic rings. The fourth-order valence-corrected chi connectivity index (χ4v) is 3.22. The fourth-order valence-electron chi connectivity index (χ4n) is 3.22. The standard InChI is InChI=1S/C18H23N3O2/c1-12(14-8-7-13-5-3-4-6-15(13)11-14)19-18(23)16-9-10-17(22)21(2)20-16/h7-8,11-12H,3-6,9-10H2,1-2H3,(H,19,23)/t12-/m0/s1. The number of nitrogens with zero attached hydrogens (tertiary/aromatic N) is 2. The van der Waals surface area contributed by atoms with Crippen molar-refractivity contribution in [2.75, 3.05) is 7.05 Å². The van der Waals surface area contributed by atoms with E-state index in [-0.39, 0.29) is 17.9 Å². The lowest BCUT2D eigenvalue weighted by Crippen LogP contribution is -2.38. The minimum Gasteiger partial charge on any atom is -0.344 e. The lowest BCUT2D eigenvalue weighted by molar-refractivity contribution is -0.130. The molecule has 0 radical (unpaired) electrons. The van der Waals surface area contributed by atoms with Gasteiger partial charge in [0, 0.05) is 19.9 Å². The third-order valence-electron chi connectivity index (χ3n) is 4.69. The Labute approximate surface area is 136 Å². The van der Waals surface area contributed by atoms with Crippen molar-refractivity contribution in [1.29, 1.82) is 0 Å². The molecule has 0 bridgehead atoms. The van der Waals surface area contributed by atoms with E-state index in [1.165, 1.54) is 29.0 Å². The molecule has 0 aromatic heterocycles. The molecule has 5 nitrogen and oxygen atoms in total. The predicted octanol–water partition coefficient (Wildman–Crippen LogP) is 2.35. The van der Waals surface area contributed by atoms with Gasteiger partial charge in [-0.3, -0.25) is 9.59 Å². The van der Waals surface area contributed by atoms with Crippen molar-refractivity contribution in [3.05, 3.63) is 34.9 Å². The van der Waals surface area contributed by atoms with Crippen molar-refractivity contribution in [1.82, 2.24) is 10.3 Å². The topological polar surface area (TPSA) is 61.8 Å². The van der Waals surface area contributed by atoms with Crippen LogP contribution in [0, 0.1) is 0 Å². The summed E-state index contributed by atoms with van der Waals surface area (Å²) in [5, 5.41) is 8.32. The van der Waals surface area contributed by atoms with Crippen LogP contribution in [0.3, 0.4) is 0 Å². The maximum absolute atomic E-state index is 12.3. The van der Waals surface area contributed by atoms with Crippen LogP contribution >= 0.6 is 0 Å². The van der Waals surface area contributed by atoms with Crippen molar-refractivity contribution in [3.8, 4) is 0 Å². The summed E-state index contributed by atoms with van der Waals surface area (Å²) in [6.07, 6.45) is 5.55. The first-order chi connectivity index (χ1) is 11.0. The minimum absolute atomic E-state index is 0.0516. The van der Waals surface area contributed by atoms with E-state index in [0.29, 0.717) is 18.6 Å². The van der Waals surface area contributed by atoms with E-state index in [4.69, 9.17) is 0 Å². The molecule has 1 N–H and O–H groups in total. The van der Waals surface area contributed by atoms with Gasteiger partial charge in [-0.1, -0.05) is 18.2 Å². The number of benzene rings is 1. The van der Waals surface area contributed by atoms with Crippen LogP contribution in [0.4, 0.5) is 0 Å². The zero-order valence-electron chi connectivity index (χ0n) is 13.8. The molecule has 1 heterocycles. The van der Waals surface area contributed by atoms with Crippen LogP contribution in [0.15, 0.2) is 23.3 Å². The van der Waals surface area contributed by atoms with Gasteiger partial charge in [-0.05, 0) is 49.3 Å². The molecule has 23 heavy (non-hydrogen) atoms. The summed E-state index contributed by atoms with van der Waals surface area (Å²) in [5.74, 6) is -0.237. The number of nitrogens with one attached hydrogen (secondary N) is 1. The second-order valence-corrected chi connectivity index (χ2v) is 6.39. The summed E-state index contributed by atoms with van der Waals surface area (Å²) < 4.78 is 0. The summed E-state index contributed by atoms with van der Waals surface area (Å²) in [6, 6.07) is 6.45. The number of hydrogen-bond donors (Lipinski definition) is 1. The Bertz CT molecular complexity index is 666. The van der Waals surface area contributed by atoms with Gasteiger partial charge in [0.2, 0.25) is 5.91 Å². The summed E-state index contributed by atoms with van der Waals surface area (Å²) in [6.45, 7) is 1.99. The van der Waals surface area contributed by atoms with E-state index in [9.17, 15) is 9.59 Å². The molecule has 0 fully saturated rings. The number of amides is 2. The third-order valence-corrected chi connectivity index (χ3v) is 4.69. The van der Waals surface area contributed by atoms with Crippen molar-refractivity contribution >= 4 is 17.5 Å². The number of rotatable bonds is 3. The molecule has 1 aromatic rings. The molecule has 1 aliphatic carbocycles. The Morgan fingerprint density at radius 2 is 1.91 bits per heavy atom. The zero-order chi connectivity index (χ0) is 16.4. The Morgan fingerprint density at radius 1 is 1.17 bits per heavy atom. The van der Waals surface area contributed by atoms with Gasteiger partial charge >= 0.3 is 0 Å². The zero-order valence-corrected chi connectivity index (χ0v) is 13.8. The highest BCUT2D eigenvalue weighted by atomic mass is 16.2. The average Bonchev–Trinajstić information content (AvgIpc) is 2.56. The van der Waals surface area contributed by atoms with Crippen LogP contribution in [-0.2, 0) is 22.4 Å². The Hall–Kier alpha value is -2.17. The monoisotopic (exact) mass is 313 g/mol. The van der Waals surface area contributed by atoms with Crippen molar-refractivity contribution < 1.29 is 9.59 Å². The maximum Gasteiger partial charge on any atom is 0.267 e. The number of aryl methyl sites for hydroxylation is 2. The smallest absolute Gasteiger partial charge is 0.267 e. The average molecular weight is 313 g/mol. The van der Waals surface area contributed by atoms with Gasteiger partial charge in [0.15, 0.2) is 0 Å². The molecule has 1 atom stereocenters. The van der Waals surface area contributed by atoms with Gasteiger partial charge < -0.3 is 5.32 Å². The highest BCUT2D eigenvalue weighted by Crippen LogP contribution is 2.24. The number of hydrazone groups is 1. The molecule has 0 spiro atoms.